The van der Waals surface area contributed by atoms with E-state index in [2.05, 4.69) is 20.3 Å². The van der Waals surface area contributed by atoms with Crippen LogP contribution in [-0.4, -0.2) is 27.4 Å². The molecule has 0 spiro atoms. The zero-order valence-corrected chi connectivity index (χ0v) is 10.3. The molecular weight excluding hydrogens is 228 g/mol. The van der Waals surface area contributed by atoms with Crippen LogP contribution in [0.4, 0.5) is 0 Å². The number of carbonyl (C=O) groups is 1. The molecule has 5 nitrogen and oxygen atoms in total. The van der Waals surface area contributed by atoms with Crippen LogP contribution in [0.15, 0.2) is 30.7 Å². The predicted molar refractivity (Wildman–Crippen MR) is 68.0 cm³/mol. The smallest absolute Gasteiger partial charge is 0.226 e. The Balaban J connectivity index is 1.77. The van der Waals surface area contributed by atoms with E-state index in [1.165, 1.54) is 0 Å². The number of H-pyrrole nitrogens is 1. The van der Waals surface area contributed by atoms with E-state index in [1.807, 2.05) is 19.1 Å². The van der Waals surface area contributed by atoms with Gasteiger partial charge in [-0.2, -0.15) is 0 Å². The summed E-state index contributed by atoms with van der Waals surface area (Å²) in [4.78, 5) is 23.0. The van der Waals surface area contributed by atoms with Crippen LogP contribution in [-0.2, 0) is 17.6 Å². The number of amides is 1. The van der Waals surface area contributed by atoms with Crippen LogP contribution in [0.25, 0.3) is 0 Å². The molecule has 2 heterocycles. The first-order valence-corrected chi connectivity index (χ1v) is 5.91. The summed E-state index contributed by atoms with van der Waals surface area (Å²) >= 11 is 0. The van der Waals surface area contributed by atoms with Crippen molar-refractivity contribution in [2.45, 2.75) is 19.8 Å². The fraction of sp³-hybridized carbons (Fsp3) is 0.308. The van der Waals surface area contributed by atoms with E-state index in [1.54, 1.807) is 18.6 Å². The molecule has 0 aliphatic heterocycles. The molecular formula is C13H16N4O. The lowest BCUT2D eigenvalue weighted by Crippen LogP contribution is -2.28. The summed E-state index contributed by atoms with van der Waals surface area (Å²) in [6.45, 7) is 2.54. The Morgan fingerprint density at radius 2 is 2.28 bits per heavy atom. The molecule has 0 fully saturated rings. The highest BCUT2D eigenvalue weighted by Crippen LogP contribution is 2.03. The highest BCUT2D eigenvalue weighted by Gasteiger charge is 2.06. The normalized spacial score (nSPS) is 10.3. The third-order valence-electron chi connectivity index (χ3n) is 2.68. The van der Waals surface area contributed by atoms with Crippen molar-refractivity contribution in [1.82, 2.24) is 20.3 Å². The van der Waals surface area contributed by atoms with Crippen molar-refractivity contribution in [3.8, 4) is 0 Å². The monoisotopic (exact) mass is 244 g/mol. The van der Waals surface area contributed by atoms with Crippen molar-refractivity contribution in [2.24, 2.45) is 0 Å². The summed E-state index contributed by atoms with van der Waals surface area (Å²) in [7, 11) is 0. The van der Waals surface area contributed by atoms with E-state index in [9.17, 15) is 4.79 Å². The van der Waals surface area contributed by atoms with Crippen LogP contribution in [0.3, 0.4) is 0 Å². The lowest BCUT2D eigenvalue weighted by molar-refractivity contribution is -0.120. The number of carbonyl (C=O) groups excluding carboxylic acids is 1. The van der Waals surface area contributed by atoms with Gasteiger partial charge in [0.1, 0.15) is 5.82 Å². The van der Waals surface area contributed by atoms with E-state index in [0.717, 1.165) is 17.1 Å². The minimum Gasteiger partial charge on any atom is -0.355 e. The molecule has 5 heteroatoms. The third-order valence-corrected chi connectivity index (χ3v) is 2.68. The van der Waals surface area contributed by atoms with Crippen LogP contribution in [0.5, 0.6) is 0 Å². The second-order valence-corrected chi connectivity index (χ2v) is 4.08. The fourth-order valence-corrected chi connectivity index (χ4v) is 1.67. The summed E-state index contributed by atoms with van der Waals surface area (Å²) in [6.07, 6.45) is 6.21. The molecule has 0 aliphatic carbocycles. The van der Waals surface area contributed by atoms with Gasteiger partial charge in [-0.1, -0.05) is 6.07 Å². The molecule has 2 aromatic rings. The molecule has 94 valence electrons. The highest BCUT2D eigenvalue weighted by atomic mass is 16.1. The van der Waals surface area contributed by atoms with Gasteiger partial charge in [0.15, 0.2) is 0 Å². The summed E-state index contributed by atoms with van der Waals surface area (Å²) in [6, 6.07) is 3.83. The Kier molecular flexibility index (Phi) is 4.06. The topological polar surface area (TPSA) is 70.7 Å². The summed E-state index contributed by atoms with van der Waals surface area (Å²) in [5, 5.41) is 2.86. The molecule has 18 heavy (non-hydrogen) atoms. The van der Waals surface area contributed by atoms with Gasteiger partial charge in [0, 0.05) is 31.6 Å². The molecule has 2 N–H and O–H groups in total. The Morgan fingerprint density at radius 3 is 3.00 bits per heavy atom. The number of nitrogens with one attached hydrogen (secondary N) is 2. The first-order valence-electron chi connectivity index (χ1n) is 5.91. The van der Waals surface area contributed by atoms with Crippen LogP contribution in [0.1, 0.15) is 17.1 Å². The molecule has 0 radical (unpaired) electrons. The van der Waals surface area contributed by atoms with Gasteiger partial charge < -0.3 is 10.3 Å². The predicted octanol–water partition coefficient (Wildman–Crippen LogP) is 1.01. The van der Waals surface area contributed by atoms with Gasteiger partial charge in [0.25, 0.3) is 0 Å². The molecule has 0 saturated carbocycles. The number of aromatic amines is 1. The minimum atomic E-state index is -0.0108. The average molecular weight is 244 g/mol. The van der Waals surface area contributed by atoms with Crippen LogP contribution in [0, 0.1) is 6.92 Å². The number of aromatic nitrogens is 3. The minimum absolute atomic E-state index is 0.0108. The van der Waals surface area contributed by atoms with E-state index in [0.29, 0.717) is 19.4 Å². The van der Waals surface area contributed by atoms with Crippen molar-refractivity contribution in [3.63, 3.8) is 0 Å². The fourth-order valence-electron chi connectivity index (χ4n) is 1.67. The van der Waals surface area contributed by atoms with Gasteiger partial charge in [-0.05, 0) is 18.6 Å². The number of hydrogen-bond donors (Lipinski definition) is 2. The number of aryl methyl sites for hydroxylation is 1. The second kappa shape index (κ2) is 5.95. The number of rotatable bonds is 5. The summed E-state index contributed by atoms with van der Waals surface area (Å²) in [5.74, 6) is 0.868. The van der Waals surface area contributed by atoms with Crippen LogP contribution in [0.2, 0.25) is 0 Å². The molecule has 0 atom stereocenters. The first-order chi connectivity index (χ1) is 8.75. The number of hydrogen-bond acceptors (Lipinski definition) is 3. The van der Waals surface area contributed by atoms with Gasteiger partial charge in [-0.15, -0.1) is 0 Å². The quantitative estimate of drug-likeness (QED) is 0.824. The lowest BCUT2D eigenvalue weighted by Gasteiger charge is -2.05. The standard InChI is InChI=1S/C13H16N4O/c1-10-3-2-5-14-11(10)9-13(18)17-6-4-12-15-7-8-16-12/h2-3,5,7-8H,4,6,9H2,1H3,(H,15,16)(H,17,18). The number of pyridine rings is 1. The van der Waals surface area contributed by atoms with E-state index >= 15 is 0 Å². The number of imidazole rings is 1. The average Bonchev–Trinajstić information content (AvgIpc) is 2.85. The molecule has 2 rings (SSSR count). The Bertz CT molecular complexity index is 507. The molecule has 1 amide bonds. The molecule has 0 aromatic carbocycles. The number of nitrogens with zero attached hydrogens (tertiary/aromatic N) is 2. The first kappa shape index (κ1) is 12.3. The van der Waals surface area contributed by atoms with Gasteiger partial charge >= 0.3 is 0 Å². The second-order valence-electron chi connectivity index (χ2n) is 4.08. The Hall–Kier alpha value is -2.17. The van der Waals surface area contributed by atoms with Gasteiger partial charge in [-0.3, -0.25) is 9.78 Å². The van der Waals surface area contributed by atoms with Crippen LogP contribution >= 0.6 is 0 Å². The Labute approximate surface area is 106 Å². The largest absolute Gasteiger partial charge is 0.355 e. The van der Waals surface area contributed by atoms with E-state index < -0.39 is 0 Å². The molecule has 0 saturated heterocycles. The maximum absolute atomic E-state index is 11.7. The summed E-state index contributed by atoms with van der Waals surface area (Å²) < 4.78 is 0. The zero-order valence-electron chi connectivity index (χ0n) is 10.3. The molecule has 0 aliphatic rings. The van der Waals surface area contributed by atoms with E-state index in [-0.39, 0.29) is 5.91 Å². The zero-order chi connectivity index (χ0) is 12.8. The van der Waals surface area contributed by atoms with Crippen molar-refractivity contribution < 1.29 is 4.79 Å². The maximum atomic E-state index is 11.7. The maximum Gasteiger partial charge on any atom is 0.226 e. The third kappa shape index (κ3) is 3.41. The van der Waals surface area contributed by atoms with E-state index in [4.69, 9.17) is 0 Å². The van der Waals surface area contributed by atoms with Gasteiger partial charge in [-0.25, -0.2) is 4.98 Å². The van der Waals surface area contributed by atoms with Crippen LogP contribution < -0.4 is 5.32 Å². The SMILES string of the molecule is Cc1cccnc1CC(=O)NCCc1ncc[nH]1. The molecule has 2 aromatic heterocycles. The van der Waals surface area contributed by atoms with Crippen molar-refractivity contribution in [1.29, 1.82) is 0 Å². The van der Waals surface area contributed by atoms with Crippen molar-refractivity contribution >= 4 is 5.91 Å². The molecule has 0 unspecified atom stereocenters. The van der Waals surface area contributed by atoms with Crippen molar-refractivity contribution in [2.75, 3.05) is 6.54 Å². The highest BCUT2D eigenvalue weighted by molar-refractivity contribution is 5.78. The lowest BCUT2D eigenvalue weighted by atomic mass is 10.1. The molecule has 0 bridgehead atoms. The summed E-state index contributed by atoms with van der Waals surface area (Å²) in [5.41, 5.74) is 1.87. The van der Waals surface area contributed by atoms with Gasteiger partial charge in [0.05, 0.1) is 12.1 Å². The van der Waals surface area contributed by atoms with Gasteiger partial charge in [0.2, 0.25) is 5.91 Å². The van der Waals surface area contributed by atoms with Crippen molar-refractivity contribution in [3.05, 3.63) is 47.8 Å². The Morgan fingerprint density at radius 1 is 1.39 bits per heavy atom.